The van der Waals surface area contributed by atoms with E-state index in [1.807, 2.05) is 30.4 Å². The molecular formula is C30H31F2N9OS2. The molecule has 2 atom stereocenters. The van der Waals surface area contributed by atoms with Gasteiger partial charge >= 0.3 is 0 Å². The Labute approximate surface area is 261 Å². The summed E-state index contributed by atoms with van der Waals surface area (Å²) in [6.07, 6.45) is 3.84. The van der Waals surface area contributed by atoms with Crippen molar-refractivity contribution in [3.05, 3.63) is 57.4 Å². The summed E-state index contributed by atoms with van der Waals surface area (Å²) < 4.78 is 28.7. The van der Waals surface area contributed by atoms with Crippen molar-refractivity contribution < 1.29 is 13.6 Å². The Morgan fingerprint density at radius 3 is 2.66 bits per heavy atom. The zero-order chi connectivity index (χ0) is 30.7. The van der Waals surface area contributed by atoms with Crippen molar-refractivity contribution >= 4 is 44.5 Å². The van der Waals surface area contributed by atoms with Gasteiger partial charge in [0.25, 0.3) is 0 Å². The van der Waals surface area contributed by atoms with Crippen molar-refractivity contribution in [3.8, 4) is 17.3 Å². The average Bonchev–Trinajstić information content (AvgIpc) is 3.80. The molecule has 7 rings (SSSR count). The SMILES string of the molecule is CCc1nc2sc(C3CC(N(C)CC(=O)N4CC(F)C4)N4CCC=C34)nn2c1N(C)c1nc(-c2ccc(F)cc2)c(C#N)s1. The van der Waals surface area contributed by atoms with Gasteiger partial charge in [-0.3, -0.25) is 9.69 Å². The van der Waals surface area contributed by atoms with Crippen LogP contribution in [0.2, 0.25) is 0 Å². The number of aromatic nitrogens is 4. The Balaban J connectivity index is 1.17. The number of rotatable bonds is 8. The highest BCUT2D eigenvalue weighted by Gasteiger charge is 2.43. The van der Waals surface area contributed by atoms with E-state index < -0.39 is 6.17 Å². The molecule has 0 N–H and O–H groups in total. The van der Waals surface area contributed by atoms with Crippen LogP contribution in [0, 0.1) is 17.1 Å². The first kappa shape index (κ1) is 28.8. The van der Waals surface area contributed by atoms with E-state index in [9.17, 15) is 18.8 Å². The first-order valence-electron chi connectivity index (χ1n) is 14.6. The maximum Gasteiger partial charge on any atom is 0.237 e. The fourth-order valence-electron chi connectivity index (χ4n) is 6.34. The number of anilines is 2. The Bertz CT molecular complexity index is 1800. The van der Waals surface area contributed by atoms with E-state index in [4.69, 9.17) is 15.1 Å². The van der Waals surface area contributed by atoms with E-state index in [0.29, 0.717) is 27.7 Å². The lowest BCUT2D eigenvalue weighted by molar-refractivity contribution is -0.140. The van der Waals surface area contributed by atoms with Gasteiger partial charge in [0, 0.05) is 24.9 Å². The van der Waals surface area contributed by atoms with Crippen molar-refractivity contribution in [1.82, 2.24) is 34.3 Å². The second-order valence-corrected chi connectivity index (χ2v) is 13.4. The molecule has 14 heteroatoms. The molecule has 4 aromatic rings. The first-order chi connectivity index (χ1) is 21.2. The number of nitrogens with zero attached hydrogens (tertiary/aromatic N) is 9. The summed E-state index contributed by atoms with van der Waals surface area (Å²) in [5, 5.41) is 16.5. The lowest BCUT2D eigenvalue weighted by Crippen LogP contribution is -2.55. The normalized spacial score (nSPS) is 19.9. The maximum absolute atomic E-state index is 13.5. The standard InChI is InChI=1S/C30H31F2N9OS2/c1-4-21-28(38(3)29-35-26(23(13-33)43-29)17-7-9-18(31)10-8-17)41-30(34-21)44-27(36-41)20-12-24(40-11-5-6-22(20)40)37(2)16-25(42)39-14-19(32)15-39/h6-10,19-20,24H,4-5,11-12,14-16H2,1-3H3. The summed E-state index contributed by atoms with van der Waals surface area (Å²) in [5.41, 5.74) is 3.30. The van der Waals surface area contributed by atoms with Crippen LogP contribution in [-0.2, 0) is 11.2 Å². The van der Waals surface area contributed by atoms with Crippen LogP contribution in [0.4, 0.5) is 19.7 Å². The van der Waals surface area contributed by atoms with E-state index in [-0.39, 0.29) is 43.4 Å². The molecule has 44 heavy (non-hydrogen) atoms. The van der Waals surface area contributed by atoms with Crippen LogP contribution in [0.5, 0.6) is 0 Å². The number of hydrogen-bond acceptors (Lipinski definition) is 10. The minimum Gasteiger partial charge on any atom is -0.358 e. The molecule has 0 bridgehead atoms. The number of nitriles is 1. The lowest BCUT2D eigenvalue weighted by atomic mass is 10.1. The Morgan fingerprint density at radius 2 is 1.95 bits per heavy atom. The number of likely N-dealkylation sites (tertiary alicyclic amines) is 1. The number of hydrogen-bond donors (Lipinski definition) is 0. The van der Waals surface area contributed by atoms with E-state index in [1.165, 1.54) is 29.2 Å². The van der Waals surface area contributed by atoms with E-state index in [2.05, 4.69) is 21.9 Å². The molecule has 3 aliphatic rings. The van der Waals surface area contributed by atoms with Crippen LogP contribution >= 0.6 is 22.7 Å². The Kier molecular flexibility index (Phi) is 7.34. The number of aryl methyl sites for hydroxylation is 1. The predicted molar refractivity (Wildman–Crippen MR) is 165 cm³/mol. The number of alkyl halides is 1. The smallest absolute Gasteiger partial charge is 0.237 e. The zero-order valence-corrected chi connectivity index (χ0v) is 26.2. The van der Waals surface area contributed by atoms with Gasteiger partial charge in [-0.25, -0.2) is 18.7 Å². The third-order valence-electron chi connectivity index (χ3n) is 8.64. The largest absolute Gasteiger partial charge is 0.358 e. The molecule has 2 saturated heterocycles. The predicted octanol–water partition coefficient (Wildman–Crippen LogP) is 4.77. The van der Waals surface area contributed by atoms with Crippen LogP contribution in [-0.4, -0.2) is 92.8 Å². The number of carbonyl (C=O) groups excluding carboxylic acids is 1. The third-order valence-corrected chi connectivity index (χ3v) is 10.7. The number of allylic oxidation sites excluding steroid dienone is 1. The molecule has 2 unspecified atom stereocenters. The summed E-state index contributed by atoms with van der Waals surface area (Å²) in [6.45, 7) is 3.57. The number of likely N-dealkylation sites (N-methyl/N-ethyl adjacent to an activating group) is 1. The molecular weight excluding hydrogens is 605 g/mol. The minimum atomic E-state index is -0.907. The molecule has 0 radical (unpaired) electrons. The first-order valence-corrected chi connectivity index (χ1v) is 16.3. The summed E-state index contributed by atoms with van der Waals surface area (Å²) in [6, 6.07) is 8.23. The molecule has 6 heterocycles. The zero-order valence-electron chi connectivity index (χ0n) is 24.6. The van der Waals surface area contributed by atoms with Gasteiger partial charge in [0.15, 0.2) is 10.9 Å². The number of imidazole rings is 1. The molecule has 2 fully saturated rings. The van der Waals surface area contributed by atoms with Crippen LogP contribution in [0.1, 0.15) is 41.3 Å². The highest BCUT2D eigenvalue weighted by Crippen LogP contribution is 2.46. The molecule has 0 aliphatic carbocycles. The van der Waals surface area contributed by atoms with Gasteiger partial charge in [-0.1, -0.05) is 35.7 Å². The average molecular weight is 636 g/mol. The number of amides is 1. The number of fused-ring (bicyclic) bond motifs is 2. The summed E-state index contributed by atoms with van der Waals surface area (Å²) >= 11 is 2.84. The fraction of sp³-hybridized carbons (Fsp3) is 0.433. The fourth-order valence-corrected chi connectivity index (χ4v) is 8.23. The Hall–Kier alpha value is -3.93. The second-order valence-electron chi connectivity index (χ2n) is 11.4. The van der Waals surface area contributed by atoms with E-state index in [0.717, 1.165) is 40.9 Å². The van der Waals surface area contributed by atoms with Gasteiger partial charge in [-0.05, 0) is 50.6 Å². The van der Waals surface area contributed by atoms with Crippen LogP contribution < -0.4 is 4.90 Å². The van der Waals surface area contributed by atoms with Crippen LogP contribution in [0.25, 0.3) is 16.2 Å². The van der Waals surface area contributed by atoms with Gasteiger partial charge in [0.05, 0.1) is 37.4 Å². The van der Waals surface area contributed by atoms with Gasteiger partial charge in [0.2, 0.25) is 10.9 Å². The van der Waals surface area contributed by atoms with Gasteiger partial charge in [-0.15, -0.1) is 0 Å². The molecule has 10 nitrogen and oxygen atoms in total. The monoisotopic (exact) mass is 635 g/mol. The van der Waals surface area contributed by atoms with Crippen molar-refractivity contribution in [2.75, 3.05) is 45.2 Å². The second kappa shape index (κ2) is 11.2. The molecule has 1 aromatic carbocycles. The van der Waals surface area contributed by atoms with E-state index >= 15 is 0 Å². The van der Waals surface area contributed by atoms with Crippen molar-refractivity contribution in [3.63, 3.8) is 0 Å². The lowest BCUT2D eigenvalue weighted by Gasteiger charge is -2.37. The van der Waals surface area contributed by atoms with Crippen molar-refractivity contribution in [1.29, 1.82) is 5.26 Å². The summed E-state index contributed by atoms with van der Waals surface area (Å²) in [7, 11) is 3.87. The summed E-state index contributed by atoms with van der Waals surface area (Å²) in [4.78, 5) is 31.6. The molecule has 0 spiro atoms. The Morgan fingerprint density at radius 1 is 1.18 bits per heavy atom. The van der Waals surface area contributed by atoms with Gasteiger partial charge < -0.3 is 14.7 Å². The third kappa shape index (κ3) is 4.83. The quantitative estimate of drug-likeness (QED) is 0.273. The number of carbonyl (C=O) groups is 1. The molecule has 3 aromatic heterocycles. The molecule has 0 saturated carbocycles. The maximum atomic E-state index is 13.5. The van der Waals surface area contributed by atoms with Gasteiger partial charge in [0.1, 0.15) is 33.6 Å². The van der Waals surface area contributed by atoms with Crippen LogP contribution in [0.15, 0.2) is 36.0 Å². The van der Waals surface area contributed by atoms with Crippen molar-refractivity contribution in [2.24, 2.45) is 0 Å². The number of thiazole rings is 1. The minimum absolute atomic E-state index is 0.0357. The molecule has 228 valence electrons. The molecule has 1 amide bonds. The van der Waals surface area contributed by atoms with Gasteiger partial charge in [-0.2, -0.15) is 14.9 Å². The highest BCUT2D eigenvalue weighted by atomic mass is 32.1. The topological polar surface area (TPSA) is 96.9 Å². The molecule has 3 aliphatic heterocycles. The van der Waals surface area contributed by atoms with Crippen molar-refractivity contribution in [2.45, 2.75) is 44.4 Å². The van der Waals surface area contributed by atoms with Crippen LogP contribution in [0.3, 0.4) is 0 Å². The number of benzene rings is 1. The summed E-state index contributed by atoms with van der Waals surface area (Å²) in [5.74, 6) is 0.487. The van der Waals surface area contributed by atoms with E-state index in [1.54, 1.807) is 28.4 Å². The highest BCUT2D eigenvalue weighted by molar-refractivity contribution is 7.17. The number of halogens is 2.